The van der Waals surface area contributed by atoms with E-state index >= 15 is 0 Å². The predicted octanol–water partition coefficient (Wildman–Crippen LogP) is 5.68. The number of hydrogen-bond acceptors (Lipinski definition) is 4. The molecule has 4 aromatic rings. The number of aromatic nitrogens is 1. The van der Waals surface area contributed by atoms with Crippen molar-refractivity contribution in [2.75, 3.05) is 13.2 Å². The summed E-state index contributed by atoms with van der Waals surface area (Å²) in [7, 11) is 0. The van der Waals surface area contributed by atoms with Crippen LogP contribution in [0.15, 0.2) is 54.7 Å². The molecule has 5 rings (SSSR count). The number of amides is 1. The summed E-state index contributed by atoms with van der Waals surface area (Å²) in [5, 5.41) is 5.78. The third kappa shape index (κ3) is 3.50. The number of halogens is 1. The van der Waals surface area contributed by atoms with E-state index in [4.69, 9.17) is 16.3 Å². The lowest BCUT2D eigenvalue weighted by Gasteiger charge is -2.11. The predicted molar refractivity (Wildman–Crippen MR) is 119 cm³/mol. The van der Waals surface area contributed by atoms with E-state index in [1.165, 1.54) is 11.3 Å². The lowest BCUT2D eigenvalue weighted by atomic mass is 10.0. The first-order chi connectivity index (χ1) is 14.2. The molecule has 1 aliphatic heterocycles. The maximum Gasteiger partial charge on any atom is 0.262 e. The quantitative estimate of drug-likeness (QED) is 0.460. The van der Waals surface area contributed by atoms with Crippen LogP contribution in [0.2, 0.25) is 5.02 Å². The minimum Gasteiger partial charge on any atom is -0.376 e. The fraction of sp³-hybridized carbons (Fsp3) is 0.217. The third-order valence-corrected chi connectivity index (χ3v) is 6.77. The largest absolute Gasteiger partial charge is 0.376 e. The Hall–Kier alpha value is -2.47. The van der Waals surface area contributed by atoms with Crippen LogP contribution in [0.25, 0.3) is 32.1 Å². The molecule has 2 aromatic carbocycles. The molecule has 1 fully saturated rings. The smallest absolute Gasteiger partial charge is 0.262 e. The van der Waals surface area contributed by atoms with Gasteiger partial charge in [0.25, 0.3) is 5.91 Å². The first-order valence-electron chi connectivity index (χ1n) is 9.66. The van der Waals surface area contributed by atoms with Crippen molar-refractivity contribution in [3.63, 3.8) is 0 Å². The van der Waals surface area contributed by atoms with Crippen LogP contribution >= 0.6 is 22.9 Å². The molecular formula is C23H19ClN2O2S. The van der Waals surface area contributed by atoms with Gasteiger partial charge in [-0.25, -0.2) is 0 Å². The van der Waals surface area contributed by atoms with E-state index < -0.39 is 0 Å². The van der Waals surface area contributed by atoms with Gasteiger partial charge in [0.1, 0.15) is 4.88 Å². The van der Waals surface area contributed by atoms with Crippen LogP contribution in [-0.4, -0.2) is 30.1 Å². The van der Waals surface area contributed by atoms with Crippen LogP contribution in [0.4, 0.5) is 0 Å². The van der Waals surface area contributed by atoms with E-state index in [1.807, 2.05) is 48.7 Å². The molecule has 0 bridgehead atoms. The van der Waals surface area contributed by atoms with Gasteiger partial charge in [0.05, 0.1) is 11.6 Å². The number of pyridine rings is 1. The molecule has 0 radical (unpaired) electrons. The number of benzene rings is 2. The van der Waals surface area contributed by atoms with Crippen molar-refractivity contribution in [2.45, 2.75) is 18.9 Å². The number of carbonyl (C=O) groups is 1. The average Bonchev–Trinajstić information content (AvgIpc) is 3.40. The molecule has 1 amide bonds. The molecule has 0 spiro atoms. The summed E-state index contributed by atoms with van der Waals surface area (Å²) in [6.45, 7) is 1.31. The molecule has 0 aliphatic carbocycles. The Labute approximate surface area is 177 Å². The monoisotopic (exact) mass is 422 g/mol. The van der Waals surface area contributed by atoms with Crippen molar-refractivity contribution in [1.82, 2.24) is 10.3 Å². The van der Waals surface area contributed by atoms with E-state index in [0.717, 1.165) is 51.6 Å². The molecule has 146 valence electrons. The van der Waals surface area contributed by atoms with Gasteiger partial charge >= 0.3 is 0 Å². The number of nitrogens with zero attached hydrogens (tertiary/aromatic N) is 1. The number of thiophene rings is 1. The number of rotatable bonds is 4. The Morgan fingerprint density at radius 2 is 2.00 bits per heavy atom. The molecule has 1 aliphatic rings. The molecular weight excluding hydrogens is 404 g/mol. The van der Waals surface area contributed by atoms with Crippen molar-refractivity contribution in [1.29, 1.82) is 0 Å². The van der Waals surface area contributed by atoms with Crippen molar-refractivity contribution in [3.05, 3.63) is 64.6 Å². The molecule has 3 heterocycles. The van der Waals surface area contributed by atoms with Crippen LogP contribution in [0.1, 0.15) is 22.5 Å². The maximum atomic E-state index is 13.2. The second kappa shape index (κ2) is 7.75. The zero-order valence-electron chi connectivity index (χ0n) is 15.7. The average molecular weight is 423 g/mol. The highest BCUT2D eigenvalue weighted by molar-refractivity contribution is 7.22. The second-order valence-electron chi connectivity index (χ2n) is 7.18. The van der Waals surface area contributed by atoms with Crippen molar-refractivity contribution in [2.24, 2.45) is 0 Å². The highest BCUT2D eigenvalue weighted by Crippen LogP contribution is 2.41. The minimum atomic E-state index is -0.0734. The van der Waals surface area contributed by atoms with E-state index in [0.29, 0.717) is 16.4 Å². The van der Waals surface area contributed by atoms with Crippen LogP contribution in [0.5, 0.6) is 0 Å². The summed E-state index contributed by atoms with van der Waals surface area (Å²) in [6, 6.07) is 15.6. The van der Waals surface area contributed by atoms with E-state index in [2.05, 4.69) is 16.4 Å². The zero-order chi connectivity index (χ0) is 19.8. The topological polar surface area (TPSA) is 51.2 Å². The van der Waals surface area contributed by atoms with Crippen LogP contribution in [0, 0.1) is 0 Å². The highest BCUT2D eigenvalue weighted by atomic mass is 35.5. The van der Waals surface area contributed by atoms with Gasteiger partial charge in [-0.2, -0.15) is 0 Å². The fourth-order valence-corrected chi connectivity index (χ4v) is 5.21. The summed E-state index contributed by atoms with van der Waals surface area (Å²) < 4.78 is 6.72. The second-order valence-corrected chi connectivity index (χ2v) is 8.63. The lowest BCUT2D eigenvalue weighted by molar-refractivity contribution is 0.0861. The van der Waals surface area contributed by atoms with Gasteiger partial charge < -0.3 is 10.1 Å². The van der Waals surface area contributed by atoms with Crippen molar-refractivity contribution >= 4 is 49.8 Å². The lowest BCUT2D eigenvalue weighted by Crippen LogP contribution is -2.31. The van der Waals surface area contributed by atoms with Gasteiger partial charge in [-0.05, 0) is 36.6 Å². The van der Waals surface area contributed by atoms with Gasteiger partial charge in [0, 0.05) is 45.4 Å². The third-order valence-electron chi connectivity index (χ3n) is 5.28. The Morgan fingerprint density at radius 1 is 1.17 bits per heavy atom. The number of ether oxygens (including phenoxy) is 1. The molecule has 6 heteroatoms. The molecule has 2 aromatic heterocycles. The number of carbonyl (C=O) groups excluding carboxylic acids is 1. The first kappa shape index (κ1) is 18.6. The number of para-hydroxylation sites is 1. The van der Waals surface area contributed by atoms with Crippen LogP contribution < -0.4 is 5.32 Å². The van der Waals surface area contributed by atoms with Crippen LogP contribution in [-0.2, 0) is 4.74 Å². The fourth-order valence-electron chi connectivity index (χ4n) is 3.83. The summed E-state index contributed by atoms with van der Waals surface area (Å²) in [5.74, 6) is -0.0734. The summed E-state index contributed by atoms with van der Waals surface area (Å²) in [4.78, 5) is 18.5. The Balaban J connectivity index is 1.64. The first-order valence-corrected chi connectivity index (χ1v) is 10.9. The van der Waals surface area contributed by atoms with E-state index in [9.17, 15) is 4.79 Å². The van der Waals surface area contributed by atoms with Gasteiger partial charge in [-0.1, -0.05) is 41.9 Å². The molecule has 29 heavy (non-hydrogen) atoms. The van der Waals surface area contributed by atoms with E-state index in [1.54, 1.807) is 0 Å². The SMILES string of the molecule is O=C(NCC1CCCO1)c1sc2c(cnc3ccccc32)c1-c1ccc(Cl)cc1. The molecule has 1 unspecified atom stereocenters. The summed E-state index contributed by atoms with van der Waals surface area (Å²) in [5.41, 5.74) is 2.79. The Kier molecular flexibility index (Phi) is 4.96. The molecule has 1 saturated heterocycles. The van der Waals surface area contributed by atoms with E-state index in [-0.39, 0.29) is 12.0 Å². The highest BCUT2D eigenvalue weighted by Gasteiger charge is 2.23. The molecule has 4 nitrogen and oxygen atoms in total. The summed E-state index contributed by atoms with van der Waals surface area (Å²) >= 11 is 7.61. The molecule has 1 atom stereocenters. The summed E-state index contributed by atoms with van der Waals surface area (Å²) in [6.07, 6.45) is 4.02. The zero-order valence-corrected chi connectivity index (χ0v) is 17.2. The molecule has 0 saturated carbocycles. The van der Waals surface area contributed by atoms with Gasteiger partial charge in [0.15, 0.2) is 0 Å². The van der Waals surface area contributed by atoms with Crippen LogP contribution in [0.3, 0.4) is 0 Å². The normalized spacial score (nSPS) is 16.5. The number of nitrogens with one attached hydrogen (secondary N) is 1. The number of hydrogen-bond donors (Lipinski definition) is 1. The van der Waals surface area contributed by atoms with Gasteiger partial charge in [-0.15, -0.1) is 11.3 Å². The van der Waals surface area contributed by atoms with Crippen molar-refractivity contribution < 1.29 is 9.53 Å². The van der Waals surface area contributed by atoms with Gasteiger partial charge in [0.2, 0.25) is 0 Å². The minimum absolute atomic E-state index is 0.0734. The Morgan fingerprint density at radius 3 is 2.79 bits per heavy atom. The molecule has 1 N–H and O–H groups in total. The Bertz CT molecular complexity index is 1200. The number of fused-ring (bicyclic) bond motifs is 3. The maximum absolute atomic E-state index is 13.2. The van der Waals surface area contributed by atoms with Crippen molar-refractivity contribution in [3.8, 4) is 11.1 Å². The standard InChI is InChI=1S/C23H19ClN2O2S/c24-15-9-7-14(8-10-15)20-18-13-25-19-6-2-1-5-17(19)21(18)29-22(20)23(27)26-12-16-4-3-11-28-16/h1-2,5-10,13,16H,3-4,11-12H2,(H,26,27). The van der Waals surface area contributed by atoms with Gasteiger partial charge in [-0.3, -0.25) is 9.78 Å².